The number of nitrogens with zero attached hydrogens (tertiary/aromatic N) is 4. The smallest absolute Gasteiger partial charge is 0.137 e. The predicted octanol–water partition coefficient (Wildman–Crippen LogP) is 12.1. The first-order valence-corrected chi connectivity index (χ1v) is 18.6. The zero-order valence-corrected chi connectivity index (χ0v) is 31.3. The lowest BCUT2D eigenvalue weighted by atomic mass is 9.72. The number of fused-ring (bicyclic) bond motifs is 3. The largest absolute Gasteiger partial charge is 0.457 e. The molecular weight excluding hydrogens is 613 g/mol. The highest BCUT2D eigenvalue weighted by Crippen LogP contribution is 2.44. The van der Waals surface area contributed by atoms with Crippen LogP contribution in [0.25, 0.3) is 33.3 Å². The summed E-state index contributed by atoms with van der Waals surface area (Å²) in [6.45, 7) is 20.6. The van der Waals surface area contributed by atoms with Crippen LogP contribution in [0.4, 0.5) is 0 Å². The van der Waals surface area contributed by atoms with E-state index in [0.29, 0.717) is 29.6 Å². The fraction of sp³-hybridized carbons (Fsp3) is 0.378. The maximum absolute atomic E-state index is 6.81. The molecule has 0 aliphatic heterocycles. The number of aryl methyl sites for hydroxylation is 2. The van der Waals surface area contributed by atoms with Crippen molar-refractivity contribution in [3.05, 3.63) is 119 Å². The molecule has 5 nitrogen and oxygen atoms in total. The van der Waals surface area contributed by atoms with Gasteiger partial charge in [-0.05, 0) is 110 Å². The van der Waals surface area contributed by atoms with Crippen LogP contribution >= 0.6 is 0 Å². The molecule has 1 unspecified atom stereocenters. The zero-order chi connectivity index (χ0) is 35.3. The average molecular weight is 665 g/mol. The van der Waals surface area contributed by atoms with Crippen LogP contribution in [0.3, 0.4) is 0 Å². The summed E-state index contributed by atoms with van der Waals surface area (Å²) in [5.41, 5.74) is 11.1. The number of allylic oxidation sites excluding steroid dienone is 2. The molecule has 3 aromatic carbocycles. The van der Waals surface area contributed by atoms with Crippen LogP contribution in [0.15, 0.2) is 90.6 Å². The average Bonchev–Trinajstić information content (AvgIpc) is 3.57. The van der Waals surface area contributed by atoms with Gasteiger partial charge in [-0.1, -0.05) is 78.3 Å². The van der Waals surface area contributed by atoms with Crippen LogP contribution in [0.1, 0.15) is 102 Å². The standard InChI is InChI=1S/C45H52N4O/c1-10-33-17-18-46-43(22-33)48-40-14-12-11-13-38(40)39-16-15-36(26-41(39)48)50-37-24-34(28(4)5)23-35(25-37)49-42(19-27(2)3)45(32(9)47-49)44-30(7)20-29(6)21-31(44)8/h11-18,20,22-29,31,44H,10,19,21H2,1-9H3/t29-,31-,44?/m0/s1. The molecule has 3 atom stereocenters. The zero-order valence-electron chi connectivity index (χ0n) is 31.3. The first kappa shape index (κ1) is 33.8. The first-order valence-electron chi connectivity index (χ1n) is 18.6. The highest BCUT2D eigenvalue weighted by molar-refractivity contribution is 6.09. The summed E-state index contributed by atoms with van der Waals surface area (Å²) >= 11 is 0. The Morgan fingerprint density at radius 3 is 2.38 bits per heavy atom. The SMILES string of the molecule is CCc1ccnc(-n2c3ccccc3c3ccc(Oc4cc(C(C)C)cc(-n5nc(C)c(C6C(C)=C[C@H](C)C[C@@H]6C)c5CC(C)C)c4)cc32)c1. The van der Waals surface area contributed by atoms with E-state index in [1.807, 2.05) is 6.20 Å². The lowest BCUT2D eigenvalue weighted by Crippen LogP contribution is -2.21. The molecule has 1 aliphatic rings. The number of para-hydroxylation sites is 1. The van der Waals surface area contributed by atoms with E-state index in [0.717, 1.165) is 52.6 Å². The van der Waals surface area contributed by atoms with Crippen molar-refractivity contribution >= 4 is 21.8 Å². The van der Waals surface area contributed by atoms with Gasteiger partial charge >= 0.3 is 0 Å². The molecule has 0 radical (unpaired) electrons. The number of aromatic nitrogens is 4. The van der Waals surface area contributed by atoms with Gasteiger partial charge in [-0.2, -0.15) is 5.10 Å². The number of benzene rings is 3. The number of hydrogen-bond donors (Lipinski definition) is 0. The maximum atomic E-state index is 6.81. The Morgan fingerprint density at radius 2 is 1.64 bits per heavy atom. The van der Waals surface area contributed by atoms with E-state index < -0.39 is 0 Å². The molecule has 0 N–H and O–H groups in total. The lowest BCUT2D eigenvalue weighted by Gasteiger charge is -2.33. The van der Waals surface area contributed by atoms with Crippen LogP contribution in [0.5, 0.6) is 11.5 Å². The van der Waals surface area contributed by atoms with Gasteiger partial charge in [0.05, 0.1) is 22.4 Å². The van der Waals surface area contributed by atoms with Crippen LogP contribution in [0, 0.1) is 24.7 Å². The molecule has 0 amide bonds. The number of rotatable bonds is 9. The Morgan fingerprint density at radius 1 is 0.860 bits per heavy atom. The predicted molar refractivity (Wildman–Crippen MR) is 208 cm³/mol. The summed E-state index contributed by atoms with van der Waals surface area (Å²) in [7, 11) is 0. The van der Waals surface area contributed by atoms with Crippen LogP contribution in [0.2, 0.25) is 0 Å². The Kier molecular flexibility index (Phi) is 9.19. The minimum absolute atomic E-state index is 0.328. The summed E-state index contributed by atoms with van der Waals surface area (Å²) < 4.78 is 11.3. The van der Waals surface area contributed by atoms with Crippen molar-refractivity contribution in [3.8, 4) is 23.0 Å². The summed E-state index contributed by atoms with van der Waals surface area (Å²) in [5.74, 6) is 4.95. The van der Waals surface area contributed by atoms with Gasteiger partial charge in [-0.25, -0.2) is 9.67 Å². The second kappa shape index (κ2) is 13.6. The van der Waals surface area contributed by atoms with E-state index >= 15 is 0 Å². The number of pyridine rings is 1. The molecule has 0 saturated heterocycles. The van der Waals surface area contributed by atoms with Crippen molar-refractivity contribution < 1.29 is 4.74 Å². The van der Waals surface area contributed by atoms with E-state index in [1.54, 1.807) is 0 Å². The Labute approximate surface area is 298 Å². The molecule has 7 rings (SSSR count). The summed E-state index contributed by atoms with van der Waals surface area (Å²) in [6, 6.07) is 26.0. The molecule has 3 heterocycles. The van der Waals surface area contributed by atoms with Gasteiger partial charge in [0.2, 0.25) is 0 Å². The molecule has 258 valence electrons. The third-order valence-electron chi connectivity index (χ3n) is 10.6. The number of hydrogen-bond acceptors (Lipinski definition) is 3. The van der Waals surface area contributed by atoms with Crippen molar-refractivity contribution in [3.63, 3.8) is 0 Å². The van der Waals surface area contributed by atoms with Gasteiger partial charge in [-0.15, -0.1) is 0 Å². The highest BCUT2D eigenvalue weighted by atomic mass is 16.5. The molecule has 0 bridgehead atoms. The van der Waals surface area contributed by atoms with Gasteiger partial charge in [0, 0.05) is 46.3 Å². The van der Waals surface area contributed by atoms with Gasteiger partial charge in [0.25, 0.3) is 0 Å². The van der Waals surface area contributed by atoms with Crippen LogP contribution in [-0.2, 0) is 12.8 Å². The van der Waals surface area contributed by atoms with E-state index in [-0.39, 0.29) is 0 Å². The van der Waals surface area contributed by atoms with E-state index in [9.17, 15) is 0 Å². The Balaban J connectivity index is 1.34. The highest BCUT2D eigenvalue weighted by Gasteiger charge is 2.33. The normalized spacial score (nSPS) is 18.1. The molecule has 0 fully saturated rings. The van der Waals surface area contributed by atoms with E-state index in [4.69, 9.17) is 14.8 Å². The monoisotopic (exact) mass is 664 g/mol. The summed E-state index contributed by atoms with van der Waals surface area (Å²) in [4.78, 5) is 4.81. The van der Waals surface area contributed by atoms with E-state index in [1.165, 1.54) is 45.2 Å². The summed E-state index contributed by atoms with van der Waals surface area (Å²) in [5, 5.41) is 7.68. The van der Waals surface area contributed by atoms with Crippen molar-refractivity contribution in [1.82, 2.24) is 19.3 Å². The maximum Gasteiger partial charge on any atom is 0.137 e. The molecule has 6 aromatic rings. The minimum Gasteiger partial charge on any atom is -0.457 e. The van der Waals surface area contributed by atoms with Crippen LogP contribution < -0.4 is 4.74 Å². The fourth-order valence-electron chi connectivity index (χ4n) is 8.41. The van der Waals surface area contributed by atoms with Gasteiger partial charge in [0.15, 0.2) is 0 Å². The van der Waals surface area contributed by atoms with Crippen molar-refractivity contribution in [2.75, 3.05) is 0 Å². The molecule has 0 spiro atoms. The third-order valence-corrected chi connectivity index (χ3v) is 10.6. The topological polar surface area (TPSA) is 44.9 Å². The Bertz CT molecular complexity index is 2210. The van der Waals surface area contributed by atoms with Gasteiger partial charge in [-0.3, -0.25) is 4.57 Å². The number of ether oxygens (including phenoxy) is 1. The summed E-state index contributed by atoms with van der Waals surface area (Å²) in [6.07, 6.45) is 7.54. The first-order chi connectivity index (χ1) is 24.0. The lowest BCUT2D eigenvalue weighted by molar-refractivity contribution is 0.388. The van der Waals surface area contributed by atoms with Crippen molar-refractivity contribution in [1.29, 1.82) is 0 Å². The second-order valence-electron chi connectivity index (χ2n) is 15.5. The molecule has 5 heteroatoms. The van der Waals surface area contributed by atoms with Crippen LogP contribution in [-0.4, -0.2) is 19.3 Å². The Hall–Kier alpha value is -4.64. The quantitative estimate of drug-likeness (QED) is 0.145. The third kappa shape index (κ3) is 6.27. The fourth-order valence-corrected chi connectivity index (χ4v) is 8.41. The van der Waals surface area contributed by atoms with Crippen molar-refractivity contribution in [2.24, 2.45) is 17.8 Å². The molecule has 1 aliphatic carbocycles. The van der Waals surface area contributed by atoms with Gasteiger partial charge in [0.1, 0.15) is 17.3 Å². The molecule has 50 heavy (non-hydrogen) atoms. The molecule has 0 saturated carbocycles. The minimum atomic E-state index is 0.328. The van der Waals surface area contributed by atoms with Gasteiger partial charge < -0.3 is 4.74 Å². The second-order valence-corrected chi connectivity index (χ2v) is 15.5. The molecular formula is C45H52N4O. The van der Waals surface area contributed by atoms with E-state index in [2.05, 4.69) is 150 Å². The van der Waals surface area contributed by atoms with Crippen molar-refractivity contribution in [2.45, 2.75) is 93.4 Å². The molecule has 3 aromatic heterocycles.